The third kappa shape index (κ3) is 4.48. The predicted molar refractivity (Wildman–Crippen MR) is 71.1 cm³/mol. The summed E-state index contributed by atoms with van der Waals surface area (Å²) in [4.78, 5) is 35.9. The zero-order valence-electron chi connectivity index (χ0n) is 11.9. The van der Waals surface area contributed by atoms with Crippen molar-refractivity contribution in [1.29, 1.82) is 0 Å². The fraction of sp³-hybridized carbons (Fsp3) is 0.769. The van der Waals surface area contributed by atoms with Crippen LogP contribution >= 0.6 is 0 Å². The van der Waals surface area contributed by atoms with Crippen molar-refractivity contribution in [3.8, 4) is 0 Å². The van der Waals surface area contributed by atoms with E-state index in [0.29, 0.717) is 25.9 Å². The Labute approximate surface area is 118 Å². The summed E-state index contributed by atoms with van der Waals surface area (Å²) in [7, 11) is 0. The molecule has 0 bridgehead atoms. The molecule has 1 heterocycles. The van der Waals surface area contributed by atoms with Gasteiger partial charge in [-0.05, 0) is 26.7 Å². The van der Waals surface area contributed by atoms with E-state index in [1.54, 1.807) is 4.90 Å². The first-order valence-electron chi connectivity index (χ1n) is 6.93. The Bertz CT molecular complexity index is 368. The molecule has 2 unspecified atom stereocenters. The lowest BCUT2D eigenvalue weighted by Crippen LogP contribution is -2.38. The number of hydrogen-bond acceptors (Lipinski definition) is 4. The highest BCUT2D eigenvalue weighted by atomic mass is 16.5. The van der Waals surface area contributed by atoms with Gasteiger partial charge in [0.2, 0.25) is 11.8 Å². The van der Waals surface area contributed by atoms with Gasteiger partial charge in [-0.3, -0.25) is 9.59 Å². The van der Waals surface area contributed by atoms with Gasteiger partial charge in [-0.1, -0.05) is 0 Å². The maximum absolute atomic E-state index is 11.7. The SMILES string of the molecule is CCN(CC)C(=O)CCNC(=O)C1CCC(C(=O)O)O1. The lowest BCUT2D eigenvalue weighted by Gasteiger charge is -2.19. The number of nitrogens with zero attached hydrogens (tertiary/aromatic N) is 1. The molecule has 0 aromatic heterocycles. The molecule has 0 aromatic carbocycles. The zero-order valence-corrected chi connectivity index (χ0v) is 11.9. The van der Waals surface area contributed by atoms with Crippen molar-refractivity contribution in [2.75, 3.05) is 19.6 Å². The van der Waals surface area contributed by atoms with Crippen LogP contribution in [0.15, 0.2) is 0 Å². The monoisotopic (exact) mass is 286 g/mol. The molecular weight excluding hydrogens is 264 g/mol. The quantitative estimate of drug-likeness (QED) is 0.686. The number of ether oxygens (including phenoxy) is 1. The molecule has 0 radical (unpaired) electrons. The van der Waals surface area contributed by atoms with Crippen LogP contribution in [0.2, 0.25) is 0 Å². The number of nitrogens with one attached hydrogen (secondary N) is 1. The Balaban J connectivity index is 2.27. The molecule has 114 valence electrons. The highest BCUT2D eigenvalue weighted by molar-refractivity contribution is 5.83. The van der Waals surface area contributed by atoms with Gasteiger partial charge in [0.1, 0.15) is 6.10 Å². The number of amides is 2. The molecular formula is C13H22N2O5. The molecule has 2 atom stereocenters. The molecule has 0 aromatic rings. The maximum atomic E-state index is 11.7. The molecule has 7 nitrogen and oxygen atoms in total. The molecule has 2 N–H and O–H groups in total. The molecule has 1 aliphatic rings. The van der Waals surface area contributed by atoms with Crippen LogP contribution < -0.4 is 5.32 Å². The minimum Gasteiger partial charge on any atom is -0.479 e. The number of carbonyl (C=O) groups is 3. The second-order valence-corrected chi connectivity index (χ2v) is 4.64. The molecule has 1 rings (SSSR count). The lowest BCUT2D eigenvalue weighted by atomic mass is 10.2. The molecule has 0 saturated carbocycles. The molecule has 20 heavy (non-hydrogen) atoms. The Morgan fingerprint density at radius 1 is 1.20 bits per heavy atom. The minimum absolute atomic E-state index is 0.00828. The van der Waals surface area contributed by atoms with Gasteiger partial charge in [0.05, 0.1) is 0 Å². The van der Waals surface area contributed by atoms with Gasteiger partial charge < -0.3 is 20.1 Å². The number of carbonyl (C=O) groups excluding carboxylic acids is 2. The molecule has 7 heteroatoms. The van der Waals surface area contributed by atoms with E-state index in [1.165, 1.54) is 0 Å². The number of aliphatic carboxylic acids is 1. The van der Waals surface area contributed by atoms with Gasteiger partial charge in [-0.2, -0.15) is 0 Å². The van der Waals surface area contributed by atoms with Crippen LogP contribution in [0.4, 0.5) is 0 Å². The Morgan fingerprint density at radius 3 is 2.30 bits per heavy atom. The van der Waals surface area contributed by atoms with E-state index in [4.69, 9.17) is 9.84 Å². The number of hydrogen-bond donors (Lipinski definition) is 2. The Hall–Kier alpha value is -1.63. The molecule has 1 fully saturated rings. The van der Waals surface area contributed by atoms with Crippen LogP contribution in [0.25, 0.3) is 0 Å². The second kappa shape index (κ2) is 7.84. The maximum Gasteiger partial charge on any atom is 0.332 e. The summed E-state index contributed by atoms with van der Waals surface area (Å²) in [6, 6.07) is 0. The average Bonchev–Trinajstić information content (AvgIpc) is 2.89. The first kappa shape index (κ1) is 16.4. The van der Waals surface area contributed by atoms with Gasteiger partial charge in [0.15, 0.2) is 6.10 Å². The summed E-state index contributed by atoms with van der Waals surface area (Å²) in [5.41, 5.74) is 0. The van der Waals surface area contributed by atoms with E-state index in [9.17, 15) is 14.4 Å². The van der Waals surface area contributed by atoms with Crippen molar-refractivity contribution >= 4 is 17.8 Å². The standard InChI is InChI=1S/C13H22N2O5/c1-3-15(4-2)11(16)7-8-14-12(17)9-5-6-10(20-9)13(18)19/h9-10H,3-8H2,1-2H3,(H,14,17)(H,18,19). The number of carboxylic acids is 1. The van der Waals surface area contributed by atoms with Crippen molar-refractivity contribution in [1.82, 2.24) is 10.2 Å². The summed E-state index contributed by atoms with van der Waals surface area (Å²) < 4.78 is 5.13. The molecule has 1 saturated heterocycles. The van der Waals surface area contributed by atoms with Crippen LogP contribution in [0.3, 0.4) is 0 Å². The number of rotatable bonds is 7. The molecule has 0 aliphatic carbocycles. The third-order valence-electron chi connectivity index (χ3n) is 3.34. The van der Waals surface area contributed by atoms with Gasteiger partial charge >= 0.3 is 5.97 Å². The van der Waals surface area contributed by atoms with E-state index in [0.717, 1.165) is 0 Å². The van der Waals surface area contributed by atoms with Crippen LogP contribution in [0.5, 0.6) is 0 Å². The van der Waals surface area contributed by atoms with E-state index in [-0.39, 0.29) is 24.8 Å². The van der Waals surface area contributed by atoms with Gasteiger partial charge in [0, 0.05) is 26.1 Å². The van der Waals surface area contributed by atoms with Gasteiger partial charge in [-0.25, -0.2) is 4.79 Å². The summed E-state index contributed by atoms with van der Waals surface area (Å²) in [5, 5.41) is 11.4. The predicted octanol–water partition coefficient (Wildman–Crippen LogP) is -0.00670. The smallest absolute Gasteiger partial charge is 0.332 e. The molecule has 2 amide bonds. The fourth-order valence-electron chi connectivity index (χ4n) is 2.15. The second-order valence-electron chi connectivity index (χ2n) is 4.64. The third-order valence-corrected chi connectivity index (χ3v) is 3.34. The summed E-state index contributed by atoms with van der Waals surface area (Å²) in [6.45, 7) is 5.34. The van der Waals surface area contributed by atoms with Crippen molar-refractivity contribution < 1.29 is 24.2 Å². The zero-order chi connectivity index (χ0) is 15.1. The minimum atomic E-state index is -1.04. The van der Waals surface area contributed by atoms with E-state index in [1.807, 2.05) is 13.8 Å². The van der Waals surface area contributed by atoms with Crippen LogP contribution in [0, 0.1) is 0 Å². The Morgan fingerprint density at radius 2 is 1.80 bits per heavy atom. The van der Waals surface area contributed by atoms with Gasteiger partial charge in [0.25, 0.3) is 0 Å². The van der Waals surface area contributed by atoms with Crippen molar-refractivity contribution in [2.45, 2.75) is 45.3 Å². The first-order chi connectivity index (χ1) is 9.49. The van der Waals surface area contributed by atoms with Crippen LogP contribution in [-0.4, -0.2) is 59.6 Å². The summed E-state index contributed by atoms with van der Waals surface area (Å²) >= 11 is 0. The van der Waals surface area contributed by atoms with Crippen molar-refractivity contribution in [3.63, 3.8) is 0 Å². The fourth-order valence-corrected chi connectivity index (χ4v) is 2.15. The van der Waals surface area contributed by atoms with E-state index >= 15 is 0 Å². The van der Waals surface area contributed by atoms with Crippen molar-refractivity contribution in [2.24, 2.45) is 0 Å². The Kier molecular flexibility index (Phi) is 6.44. The van der Waals surface area contributed by atoms with Crippen LogP contribution in [0.1, 0.15) is 33.1 Å². The highest BCUT2D eigenvalue weighted by Gasteiger charge is 2.34. The van der Waals surface area contributed by atoms with Gasteiger partial charge in [-0.15, -0.1) is 0 Å². The normalized spacial score (nSPS) is 21.5. The number of carboxylic acid groups (broad SMARTS) is 1. The van der Waals surface area contributed by atoms with Crippen molar-refractivity contribution in [3.05, 3.63) is 0 Å². The highest BCUT2D eigenvalue weighted by Crippen LogP contribution is 2.19. The van der Waals surface area contributed by atoms with E-state index < -0.39 is 18.2 Å². The lowest BCUT2D eigenvalue weighted by molar-refractivity contribution is -0.151. The van der Waals surface area contributed by atoms with Crippen LogP contribution in [-0.2, 0) is 19.1 Å². The van der Waals surface area contributed by atoms with E-state index in [2.05, 4.69) is 5.32 Å². The average molecular weight is 286 g/mol. The summed E-state index contributed by atoms with van der Waals surface area (Å²) in [5.74, 6) is -1.40. The summed E-state index contributed by atoms with van der Waals surface area (Å²) in [6.07, 6.45) is -0.649. The molecule has 1 aliphatic heterocycles. The molecule has 0 spiro atoms. The largest absolute Gasteiger partial charge is 0.479 e. The first-order valence-corrected chi connectivity index (χ1v) is 6.93. The topological polar surface area (TPSA) is 95.9 Å².